The minimum atomic E-state index is -0.245. The Morgan fingerprint density at radius 2 is 1.73 bits per heavy atom. The van der Waals surface area contributed by atoms with E-state index in [1.165, 1.54) is 0 Å². The van der Waals surface area contributed by atoms with Crippen LogP contribution in [0.15, 0.2) is 0 Å². The molecule has 0 heterocycles. The maximum Gasteiger partial charge on any atom is 0.220 e. The predicted octanol–water partition coefficient (Wildman–Crippen LogP) is -0.237. The first kappa shape index (κ1) is 9.94. The summed E-state index contributed by atoms with van der Waals surface area (Å²) in [4.78, 5) is 19.6. The monoisotopic (exact) mass is 158 g/mol. The average Bonchev–Trinajstić information content (AvgIpc) is 2.69. The Balaban J connectivity index is 0.000000187. The van der Waals surface area contributed by atoms with E-state index in [1.54, 1.807) is 6.92 Å². The van der Waals surface area contributed by atoms with Crippen molar-refractivity contribution in [2.75, 3.05) is 0 Å². The highest BCUT2D eigenvalue weighted by molar-refractivity contribution is 5.78. The number of nitrogens with two attached hydrogens (primary N) is 2. The Hall–Kier alpha value is -1.06. The summed E-state index contributed by atoms with van der Waals surface area (Å²) in [6.45, 7) is 1.72. The van der Waals surface area contributed by atoms with E-state index < -0.39 is 0 Å². The van der Waals surface area contributed by atoms with Crippen molar-refractivity contribution in [2.24, 2.45) is 17.4 Å². The van der Waals surface area contributed by atoms with Crippen molar-refractivity contribution < 1.29 is 9.59 Å². The molecule has 4 heteroatoms. The molecule has 0 radical (unpaired) electrons. The van der Waals surface area contributed by atoms with Gasteiger partial charge < -0.3 is 11.5 Å². The van der Waals surface area contributed by atoms with E-state index in [0.717, 1.165) is 12.8 Å². The van der Waals surface area contributed by atoms with Gasteiger partial charge in [0.15, 0.2) is 0 Å². The van der Waals surface area contributed by atoms with Crippen molar-refractivity contribution in [1.29, 1.82) is 0 Å². The maximum atomic E-state index is 9.98. The number of carbonyl (C=O) groups is 2. The van der Waals surface area contributed by atoms with Crippen LogP contribution in [0.4, 0.5) is 0 Å². The third kappa shape index (κ3) is 6.83. The molecule has 2 amide bonds. The van der Waals surface area contributed by atoms with E-state index in [9.17, 15) is 9.59 Å². The summed E-state index contributed by atoms with van der Waals surface area (Å²) in [6.07, 6.45) is 2.49. The highest BCUT2D eigenvalue weighted by atomic mass is 16.1. The van der Waals surface area contributed by atoms with Crippen molar-refractivity contribution >= 4 is 11.8 Å². The number of hydrogen-bond donors (Lipinski definition) is 2. The molecule has 0 aromatic carbocycles. The quantitative estimate of drug-likeness (QED) is 0.581. The van der Waals surface area contributed by atoms with Gasteiger partial charge in [-0.05, 0) is 12.8 Å². The van der Waals surface area contributed by atoms with Gasteiger partial charge in [0.2, 0.25) is 11.8 Å². The van der Waals surface area contributed by atoms with Crippen molar-refractivity contribution in [3.63, 3.8) is 0 Å². The van der Waals surface area contributed by atoms with Gasteiger partial charge in [-0.1, -0.05) is 6.92 Å². The number of carbonyl (C=O) groups excluding carboxylic acids is 2. The van der Waals surface area contributed by atoms with Crippen LogP contribution in [0, 0.1) is 5.92 Å². The molecule has 4 nitrogen and oxygen atoms in total. The third-order valence-corrected chi connectivity index (χ3v) is 1.33. The fourth-order valence-corrected chi connectivity index (χ4v) is 0.368. The second-order valence-electron chi connectivity index (χ2n) is 2.50. The summed E-state index contributed by atoms with van der Waals surface area (Å²) in [7, 11) is 0. The van der Waals surface area contributed by atoms with Gasteiger partial charge in [0.1, 0.15) is 0 Å². The predicted molar refractivity (Wildman–Crippen MR) is 41.4 cm³/mol. The van der Waals surface area contributed by atoms with Crippen LogP contribution in [0.2, 0.25) is 0 Å². The summed E-state index contributed by atoms with van der Waals surface area (Å²) in [5, 5.41) is 0. The van der Waals surface area contributed by atoms with E-state index in [2.05, 4.69) is 5.73 Å². The fraction of sp³-hybridized carbons (Fsp3) is 0.714. The molecule has 11 heavy (non-hydrogen) atoms. The minimum Gasteiger partial charge on any atom is -0.370 e. The molecule has 0 unspecified atom stereocenters. The van der Waals surface area contributed by atoms with E-state index in [-0.39, 0.29) is 17.7 Å². The summed E-state index contributed by atoms with van der Waals surface area (Å²) < 4.78 is 0. The lowest BCUT2D eigenvalue weighted by atomic mass is 10.4. The molecule has 1 rings (SSSR count). The van der Waals surface area contributed by atoms with Crippen molar-refractivity contribution in [3.8, 4) is 0 Å². The van der Waals surface area contributed by atoms with E-state index in [0.29, 0.717) is 6.42 Å². The van der Waals surface area contributed by atoms with Crippen LogP contribution in [-0.4, -0.2) is 11.8 Å². The highest BCUT2D eigenvalue weighted by Gasteiger charge is 2.26. The normalized spacial score (nSPS) is 14.6. The Morgan fingerprint density at radius 3 is 1.73 bits per heavy atom. The van der Waals surface area contributed by atoms with Crippen LogP contribution in [0.5, 0.6) is 0 Å². The molecule has 0 saturated heterocycles. The first-order valence-electron chi connectivity index (χ1n) is 3.65. The molecule has 1 saturated carbocycles. The van der Waals surface area contributed by atoms with Crippen LogP contribution < -0.4 is 11.5 Å². The van der Waals surface area contributed by atoms with Gasteiger partial charge in [0.05, 0.1) is 0 Å². The Kier molecular flexibility index (Phi) is 4.26. The molecule has 0 atom stereocenters. The first-order chi connectivity index (χ1) is 5.07. The summed E-state index contributed by atoms with van der Waals surface area (Å²) >= 11 is 0. The molecular formula is C7H14N2O2. The van der Waals surface area contributed by atoms with E-state index in [4.69, 9.17) is 5.73 Å². The Labute approximate surface area is 65.9 Å². The topological polar surface area (TPSA) is 86.2 Å². The average molecular weight is 158 g/mol. The lowest BCUT2D eigenvalue weighted by Crippen LogP contribution is -2.11. The molecule has 1 aliphatic rings. The smallest absolute Gasteiger partial charge is 0.220 e. The van der Waals surface area contributed by atoms with Crippen LogP contribution in [-0.2, 0) is 9.59 Å². The zero-order chi connectivity index (χ0) is 8.85. The molecule has 0 spiro atoms. The molecule has 0 bridgehead atoms. The molecule has 64 valence electrons. The van der Waals surface area contributed by atoms with E-state index in [1.807, 2.05) is 0 Å². The molecule has 4 N–H and O–H groups in total. The number of primary amides is 2. The van der Waals surface area contributed by atoms with Crippen LogP contribution in [0.25, 0.3) is 0 Å². The molecule has 1 aliphatic carbocycles. The van der Waals surface area contributed by atoms with Crippen molar-refractivity contribution in [2.45, 2.75) is 26.2 Å². The van der Waals surface area contributed by atoms with Crippen molar-refractivity contribution in [3.05, 3.63) is 0 Å². The molecule has 0 aromatic heterocycles. The van der Waals surface area contributed by atoms with Crippen LogP contribution in [0.3, 0.4) is 0 Å². The van der Waals surface area contributed by atoms with E-state index >= 15 is 0 Å². The zero-order valence-corrected chi connectivity index (χ0v) is 6.67. The molecule has 1 fully saturated rings. The Bertz CT molecular complexity index is 153. The third-order valence-electron chi connectivity index (χ3n) is 1.33. The second kappa shape index (κ2) is 4.71. The highest BCUT2D eigenvalue weighted by Crippen LogP contribution is 2.27. The largest absolute Gasteiger partial charge is 0.370 e. The number of amides is 2. The number of rotatable bonds is 2. The van der Waals surface area contributed by atoms with Crippen molar-refractivity contribution in [1.82, 2.24) is 0 Å². The lowest BCUT2D eigenvalue weighted by Gasteiger charge is -1.77. The van der Waals surface area contributed by atoms with Gasteiger partial charge in [-0.15, -0.1) is 0 Å². The summed E-state index contributed by atoms with van der Waals surface area (Å²) in [5.74, 6) is -0.134. The summed E-state index contributed by atoms with van der Waals surface area (Å²) in [5.41, 5.74) is 9.51. The minimum absolute atomic E-state index is 0.130. The van der Waals surface area contributed by atoms with Gasteiger partial charge in [-0.3, -0.25) is 9.59 Å². The summed E-state index contributed by atoms with van der Waals surface area (Å²) in [6, 6.07) is 0. The van der Waals surface area contributed by atoms with Crippen LogP contribution in [0.1, 0.15) is 26.2 Å². The lowest BCUT2D eigenvalue weighted by molar-refractivity contribution is -0.119. The molecular weight excluding hydrogens is 144 g/mol. The standard InChI is InChI=1S/C4H7NO.C3H7NO/c5-4(6)3-1-2-3;1-2-3(4)5/h3H,1-2H2,(H2,5,6);2H2,1H3,(H2,4,5). The van der Waals surface area contributed by atoms with Gasteiger partial charge in [-0.2, -0.15) is 0 Å². The first-order valence-corrected chi connectivity index (χ1v) is 3.65. The SMILES string of the molecule is CCC(N)=O.NC(=O)C1CC1. The maximum absolute atomic E-state index is 9.98. The fourth-order valence-electron chi connectivity index (χ4n) is 0.368. The van der Waals surface area contributed by atoms with Crippen LogP contribution >= 0.6 is 0 Å². The van der Waals surface area contributed by atoms with Gasteiger partial charge >= 0.3 is 0 Å². The second-order valence-corrected chi connectivity index (χ2v) is 2.50. The molecule has 0 aliphatic heterocycles. The number of hydrogen-bond acceptors (Lipinski definition) is 2. The van der Waals surface area contributed by atoms with Gasteiger partial charge in [0.25, 0.3) is 0 Å². The van der Waals surface area contributed by atoms with Gasteiger partial charge in [0, 0.05) is 12.3 Å². The van der Waals surface area contributed by atoms with Gasteiger partial charge in [-0.25, -0.2) is 0 Å². The molecule has 0 aromatic rings. The zero-order valence-electron chi connectivity index (χ0n) is 6.67. The Morgan fingerprint density at radius 1 is 1.36 bits per heavy atom.